The van der Waals surface area contributed by atoms with Gasteiger partial charge in [-0.25, -0.2) is 14.8 Å². The standard InChI is InChI=1S/C10H13N3O3/c1-16-7-3-5-13(6-7)10-11-4-2-8(12-10)9(14)15/h2,4,7H,3,5-6H2,1H3,(H,14,15)/t7-/m0/s1. The SMILES string of the molecule is CO[C@H]1CCN(c2nccc(C(=O)O)n2)C1. The third-order valence-corrected chi connectivity index (χ3v) is 2.62. The van der Waals surface area contributed by atoms with Crippen LogP contribution >= 0.6 is 0 Å². The molecule has 0 amide bonds. The Balaban J connectivity index is 2.15. The van der Waals surface area contributed by atoms with Crippen molar-refractivity contribution in [2.45, 2.75) is 12.5 Å². The molecule has 0 radical (unpaired) electrons. The fraction of sp³-hybridized carbons (Fsp3) is 0.500. The van der Waals surface area contributed by atoms with Crippen LogP contribution in [0.5, 0.6) is 0 Å². The summed E-state index contributed by atoms with van der Waals surface area (Å²) in [6, 6.07) is 1.38. The van der Waals surface area contributed by atoms with Crippen molar-refractivity contribution in [3.05, 3.63) is 18.0 Å². The van der Waals surface area contributed by atoms with E-state index in [2.05, 4.69) is 9.97 Å². The van der Waals surface area contributed by atoms with Crippen molar-refractivity contribution < 1.29 is 14.6 Å². The number of hydrogen-bond acceptors (Lipinski definition) is 5. The highest BCUT2D eigenvalue weighted by atomic mass is 16.5. The van der Waals surface area contributed by atoms with E-state index in [4.69, 9.17) is 9.84 Å². The molecule has 1 aromatic rings. The van der Waals surface area contributed by atoms with E-state index in [1.807, 2.05) is 4.90 Å². The predicted molar refractivity (Wildman–Crippen MR) is 56.6 cm³/mol. The quantitative estimate of drug-likeness (QED) is 0.799. The number of nitrogens with zero attached hydrogens (tertiary/aromatic N) is 3. The summed E-state index contributed by atoms with van der Waals surface area (Å²) in [5.74, 6) is -0.578. The van der Waals surface area contributed by atoms with E-state index in [9.17, 15) is 4.79 Å². The maximum Gasteiger partial charge on any atom is 0.354 e. The second-order valence-corrected chi connectivity index (χ2v) is 3.64. The fourth-order valence-corrected chi connectivity index (χ4v) is 1.72. The second kappa shape index (κ2) is 4.44. The summed E-state index contributed by atoms with van der Waals surface area (Å²) in [4.78, 5) is 20.7. The van der Waals surface area contributed by atoms with Gasteiger partial charge >= 0.3 is 5.97 Å². The Morgan fingerprint density at radius 3 is 3.12 bits per heavy atom. The van der Waals surface area contributed by atoms with Crippen molar-refractivity contribution in [2.75, 3.05) is 25.1 Å². The summed E-state index contributed by atoms with van der Waals surface area (Å²) in [5.41, 5.74) is 0.0193. The highest BCUT2D eigenvalue weighted by molar-refractivity contribution is 5.85. The van der Waals surface area contributed by atoms with Crippen LogP contribution in [-0.4, -0.2) is 47.3 Å². The van der Waals surface area contributed by atoms with Gasteiger partial charge in [0.15, 0.2) is 5.69 Å². The van der Waals surface area contributed by atoms with Crippen LogP contribution in [0.4, 0.5) is 5.95 Å². The van der Waals surface area contributed by atoms with Crippen molar-refractivity contribution in [1.29, 1.82) is 0 Å². The molecule has 1 aliphatic heterocycles. The molecule has 0 aromatic carbocycles. The van der Waals surface area contributed by atoms with Gasteiger partial charge in [0.05, 0.1) is 6.10 Å². The number of anilines is 1. The first-order chi connectivity index (χ1) is 7.70. The first-order valence-electron chi connectivity index (χ1n) is 5.05. The lowest BCUT2D eigenvalue weighted by atomic mass is 10.3. The van der Waals surface area contributed by atoms with Gasteiger partial charge in [0.25, 0.3) is 0 Å². The normalized spacial score (nSPS) is 20.1. The minimum atomic E-state index is -1.04. The second-order valence-electron chi connectivity index (χ2n) is 3.64. The van der Waals surface area contributed by atoms with Crippen LogP contribution in [0.25, 0.3) is 0 Å². The van der Waals surface area contributed by atoms with E-state index < -0.39 is 5.97 Å². The minimum absolute atomic E-state index is 0.0193. The maximum absolute atomic E-state index is 10.8. The Labute approximate surface area is 92.9 Å². The number of methoxy groups -OCH3 is 1. The van der Waals surface area contributed by atoms with Crippen LogP contribution in [0.1, 0.15) is 16.9 Å². The van der Waals surface area contributed by atoms with Crippen LogP contribution in [0.15, 0.2) is 12.3 Å². The average Bonchev–Trinajstić information content (AvgIpc) is 2.77. The van der Waals surface area contributed by atoms with Crippen LogP contribution in [0.2, 0.25) is 0 Å². The zero-order valence-electron chi connectivity index (χ0n) is 8.96. The Kier molecular flexibility index (Phi) is 3.00. The van der Waals surface area contributed by atoms with Crippen molar-refractivity contribution >= 4 is 11.9 Å². The smallest absolute Gasteiger partial charge is 0.354 e. The van der Waals surface area contributed by atoms with Crippen molar-refractivity contribution in [2.24, 2.45) is 0 Å². The Hall–Kier alpha value is -1.69. The lowest BCUT2D eigenvalue weighted by Gasteiger charge is -2.15. The molecule has 2 rings (SSSR count). The molecular weight excluding hydrogens is 210 g/mol. The zero-order valence-corrected chi connectivity index (χ0v) is 8.96. The number of carboxylic acid groups (broad SMARTS) is 1. The number of aromatic carboxylic acids is 1. The predicted octanol–water partition coefficient (Wildman–Crippen LogP) is 0.400. The van der Waals surface area contributed by atoms with Crippen LogP contribution < -0.4 is 4.90 Å². The molecule has 0 saturated carbocycles. The van der Waals surface area contributed by atoms with Crippen LogP contribution in [-0.2, 0) is 4.74 Å². The summed E-state index contributed by atoms with van der Waals surface area (Å²) >= 11 is 0. The first-order valence-corrected chi connectivity index (χ1v) is 5.05. The molecule has 1 aromatic heterocycles. The third-order valence-electron chi connectivity index (χ3n) is 2.62. The largest absolute Gasteiger partial charge is 0.477 e. The number of carbonyl (C=O) groups is 1. The molecule has 6 heteroatoms. The molecule has 0 bridgehead atoms. The molecule has 0 spiro atoms. The molecule has 1 aliphatic rings. The molecule has 2 heterocycles. The maximum atomic E-state index is 10.8. The number of ether oxygens (including phenoxy) is 1. The summed E-state index contributed by atoms with van der Waals surface area (Å²) in [6.45, 7) is 1.50. The molecule has 0 aliphatic carbocycles. The molecule has 86 valence electrons. The Morgan fingerprint density at radius 2 is 2.50 bits per heavy atom. The zero-order chi connectivity index (χ0) is 11.5. The molecule has 6 nitrogen and oxygen atoms in total. The highest BCUT2D eigenvalue weighted by Crippen LogP contribution is 2.17. The Bertz CT molecular complexity index is 397. The Morgan fingerprint density at radius 1 is 1.69 bits per heavy atom. The van der Waals surface area contributed by atoms with E-state index in [1.165, 1.54) is 12.3 Å². The van der Waals surface area contributed by atoms with Gasteiger partial charge < -0.3 is 14.7 Å². The summed E-state index contributed by atoms with van der Waals surface area (Å²) in [5, 5.41) is 8.82. The molecule has 16 heavy (non-hydrogen) atoms. The van der Waals surface area contributed by atoms with E-state index in [0.717, 1.165) is 13.0 Å². The van der Waals surface area contributed by atoms with Gasteiger partial charge in [0.1, 0.15) is 0 Å². The van der Waals surface area contributed by atoms with E-state index in [-0.39, 0.29) is 11.8 Å². The van der Waals surface area contributed by atoms with Crippen molar-refractivity contribution in [3.63, 3.8) is 0 Å². The van der Waals surface area contributed by atoms with Gasteiger partial charge in [0.2, 0.25) is 5.95 Å². The van der Waals surface area contributed by atoms with E-state index in [1.54, 1.807) is 7.11 Å². The van der Waals surface area contributed by atoms with Gasteiger partial charge in [-0.15, -0.1) is 0 Å². The number of carboxylic acids is 1. The van der Waals surface area contributed by atoms with Crippen LogP contribution in [0, 0.1) is 0 Å². The van der Waals surface area contributed by atoms with E-state index in [0.29, 0.717) is 12.5 Å². The van der Waals surface area contributed by atoms with Crippen molar-refractivity contribution in [3.8, 4) is 0 Å². The molecular formula is C10H13N3O3. The highest BCUT2D eigenvalue weighted by Gasteiger charge is 2.24. The topological polar surface area (TPSA) is 75.5 Å². The van der Waals surface area contributed by atoms with Crippen LogP contribution in [0.3, 0.4) is 0 Å². The van der Waals surface area contributed by atoms with Gasteiger partial charge in [-0.3, -0.25) is 0 Å². The average molecular weight is 223 g/mol. The molecule has 1 N–H and O–H groups in total. The molecule has 1 atom stereocenters. The summed E-state index contributed by atoms with van der Waals surface area (Å²) in [6.07, 6.45) is 2.56. The molecule has 0 unspecified atom stereocenters. The lowest BCUT2D eigenvalue weighted by Crippen LogP contribution is -2.24. The third kappa shape index (κ3) is 2.11. The lowest BCUT2D eigenvalue weighted by molar-refractivity contribution is 0.0690. The van der Waals surface area contributed by atoms with Crippen molar-refractivity contribution in [1.82, 2.24) is 9.97 Å². The molecule has 1 saturated heterocycles. The number of rotatable bonds is 3. The van der Waals surface area contributed by atoms with Gasteiger partial charge in [-0.2, -0.15) is 0 Å². The monoisotopic (exact) mass is 223 g/mol. The summed E-state index contributed by atoms with van der Waals surface area (Å²) < 4.78 is 5.23. The number of hydrogen-bond donors (Lipinski definition) is 1. The summed E-state index contributed by atoms with van der Waals surface area (Å²) in [7, 11) is 1.67. The molecule has 1 fully saturated rings. The van der Waals surface area contributed by atoms with Gasteiger partial charge in [-0.1, -0.05) is 0 Å². The first kappa shape index (κ1) is 10.8. The van der Waals surface area contributed by atoms with Gasteiger partial charge in [-0.05, 0) is 12.5 Å². The fourth-order valence-electron chi connectivity index (χ4n) is 1.72. The van der Waals surface area contributed by atoms with Gasteiger partial charge in [0, 0.05) is 26.4 Å². The minimum Gasteiger partial charge on any atom is -0.477 e. The van der Waals surface area contributed by atoms with E-state index >= 15 is 0 Å². The number of aromatic nitrogens is 2.